The van der Waals surface area contributed by atoms with E-state index in [9.17, 15) is 4.79 Å². The molecule has 7 nitrogen and oxygen atoms in total. The molecule has 8 heteroatoms. The molecule has 1 saturated heterocycles. The highest BCUT2D eigenvalue weighted by Gasteiger charge is 2.22. The van der Waals surface area contributed by atoms with E-state index in [1.165, 1.54) is 0 Å². The molecule has 0 atom stereocenters. The second kappa shape index (κ2) is 8.50. The summed E-state index contributed by atoms with van der Waals surface area (Å²) in [4.78, 5) is 16.8. The Morgan fingerprint density at radius 3 is 2.39 bits per heavy atom. The number of hydrogen-bond acceptors (Lipinski definition) is 5. The first-order valence-electron chi connectivity index (χ1n) is 9.26. The summed E-state index contributed by atoms with van der Waals surface area (Å²) in [5, 5.41) is 12.8. The van der Waals surface area contributed by atoms with Gasteiger partial charge >= 0.3 is 0 Å². The number of halogens is 1. The van der Waals surface area contributed by atoms with Crippen LogP contribution in [0.3, 0.4) is 0 Å². The molecule has 0 N–H and O–H groups in total. The maximum absolute atomic E-state index is 12.6. The number of benzene rings is 2. The van der Waals surface area contributed by atoms with Crippen molar-refractivity contribution in [2.45, 2.75) is 13.0 Å². The smallest absolute Gasteiger partial charge is 0.227 e. The van der Waals surface area contributed by atoms with E-state index in [-0.39, 0.29) is 5.91 Å². The molecule has 0 spiro atoms. The molecule has 0 aliphatic carbocycles. The largest absolute Gasteiger partial charge is 0.340 e. The molecule has 0 unspecified atom stereocenters. The standard InChI is InChI=1S/C20H21ClN6O/c21-17-8-6-16(7-9-17)14-20(28)26-12-10-25(11-13-26)15-19-22-23-24-27(19)18-4-2-1-3-5-18/h1-9H,10-15H2. The van der Waals surface area contributed by atoms with Gasteiger partial charge in [-0.25, -0.2) is 0 Å². The van der Waals surface area contributed by atoms with Gasteiger partial charge in [-0.1, -0.05) is 41.9 Å². The summed E-state index contributed by atoms with van der Waals surface area (Å²) in [7, 11) is 0. The van der Waals surface area contributed by atoms with Crippen LogP contribution >= 0.6 is 11.6 Å². The van der Waals surface area contributed by atoms with Gasteiger partial charge in [-0.3, -0.25) is 9.69 Å². The van der Waals surface area contributed by atoms with Gasteiger partial charge < -0.3 is 4.90 Å². The summed E-state index contributed by atoms with van der Waals surface area (Å²) >= 11 is 5.90. The lowest BCUT2D eigenvalue weighted by molar-refractivity contribution is -0.132. The van der Waals surface area contributed by atoms with Crippen molar-refractivity contribution >= 4 is 17.5 Å². The normalized spacial score (nSPS) is 15.0. The van der Waals surface area contributed by atoms with E-state index < -0.39 is 0 Å². The first kappa shape index (κ1) is 18.6. The van der Waals surface area contributed by atoms with Crippen molar-refractivity contribution in [1.82, 2.24) is 30.0 Å². The van der Waals surface area contributed by atoms with E-state index in [2.05, 4.69) is 20.4 Å². The molecule has 0 saturated carbocycles. The van der Waals surface area contributed by atoms with Gasteiger partial charge in [-0.05, 0) is 40.3 Å². The number of amides is 1. The zero-order valence-corrected chi connectivity index (χ0v) is 16.2. The van der Waals surface area contributed by atoms with Crippen LogP contribution in [-0.2, 0) is 17.8 Å². The Labute approximate surface area is 168 Å². The van der Waals surface area contributed by atoms with Crippen LogP contribution < -0.4 is 0 Å². The Morgan fingerprint density at radius 1 is 0.964 bits per heavy atom. The summed E-state index contributed by atoms with van der Waals surface area (Å²) in [5.74, 6) is 0.947. The second-order valence-corrected chi connectivity index (χ2v) is 7.24. The molecule has 1 fully saturated rings. The number of hydrogen-bond donors (Lipinski definition) is 0. The van der Waals surface area contributed by atoms with Crippen molar-refractivity contribution in [1.29, 1.82) is 0 Å². The van der Waals surface area contributed by atoms with Crippen LogP contribution in [0.25, 0.3) is 5.69 Å². The van der Waals surface area contributed by atoms with Crippen LogP contribution in [-0.4, -0.2) is 62.1 Å². The fourth-order valence-electron chi connectivity index (χ4n) is 3.32. The van der Waals surface area contributed by atoms with Gasteiger partial charge in [-0.2, -0.15) is 4.68 Å². The van der Waals surface area contributed by atoms with Crippen LogP contribution in [0.5, 0.6) is 0 Å². The predicted molar refractivity (Wildman–Crippen MR) is 106 cm³/mol. The molecule has 3 aromatic rings. The predicted octanol–water partition coefficient (Wildman–Crippen LogP) is 2.20. The Bertz CT molecular complexity index is 919. The fourth-order valence-corrected chi connectivity index (χ4v) is 3.44. The zero-order chi connectivity index (χ0) is 19.3. The highest BCUT2D eigenvalue weighted by Crippen LogP contribution is 2.13. The second-order valence-electron chi connectivity index (χ2n) is 6.80. The molecule has 1 aromatic heterocycles. The van der Waals surface area contributed by atoms with Gasteiger partial charge in [-0.15, -0.1) is 5.10 Å². The minimum atomic E-state index is 0.149. The summed E-state index contributed by atoms with van der Waals surface area (Å²) in [6.07, 6.45) is 0.406. The van der Waals surface area contributed by atoms with Crippen molar-refractivity contribution < 1.29 is 4.79 Å². The quantitative estimate of drug-likeness (QED) is 0.661. The molecule has 0 bridgehead atoms. The van der Waals surface area contributed by atoms with Gasteiger partial charge in [0.25, 0.3) is 0 Å². The third-order valence-electron chi connectivity index (χ3n) is 4.89. The Morgan fingerprint density at radius 2 is 1.68 bits per heavy atom. The van der Waals surface area contributed by atoms with Crippen molar-refractivity contribution in [2.75, 3.05) is 26.2 Å². The number of piperazine rings is 1. The summed E-state index contributed by atoms with van der Waals surface area (Å²) in [6, 6.07) is 17.3. The monoisotopic (exact) mass is 396 g/mol. The third-order valence-corrected chi connectivity index (χ3v) is 5.15. The molecule has 4 rings (SSSR count). The van der Waals surface area contributed by atoms with E-state index in [4.69, 9.17) is 11.6 Å². The van der Waals surface area contributed by atoms with E-state index in [0.29, 0.717) is 31.1 Å². The molecule has 28 heavy (non-hydrogen) atoms. The summed E-state index contributed by atoms with van der Waals surface area (Å²) in [5.41, 5.74) is 1.93. The maximum atomic E-state index is 12.6. The number of carbonyl (C=O) groups is 1. The van der Waals surface area contributed by atoms with E-state index in [1.54, 1.807) is 4.68 Å². The average molecular weight is 397 g/mol. The van der Waals surface area contributed by atoms with Crippen LogP contribution in [0.15, 0.2) is 54.6 Å². The molecular formula is C20H21ClN6O. The topological polar surface area (TPSA) is 67.2 Å². The summed E-state index contributed by atoms with van der Waals surface area (Å²) in [6.45, 7) is 3.67. The van der Waals surface area contributed by atoms with Crippen molar-refractivity contribution in [3.05, 3.63) is 71.0 Å². The number of tetrazole rings is 1. The average Bonchev–Trinajstić information content (AvgIpc) is 3.19. The molecule has 1 aliphatic heterocycles. The van der Waals surface area contributed by atoms with Crippen molar-refractivity contribution in [3.63, 3.8) is 0 Å². The molecular weight excluding hydrogens is 376 g/mol. The number of carbonyl (C=O) groups excluding carboxylic acids is 1. The highest BCUT2D eigenvalue weighted by molar-refractivity contribution is 6.30. The molecule has 144 valence electrons. The van der Waals surface area contributed by atoms with Gasteiger partial charge in [0, 0.05) is 31.2 Å². The Kier molecular flexibility index (Phi) is 5.64. The minimum absolute atomic E-state index is 0.149. The number of rotatable bonds is 5. The lowest BCUT2D eigenvalue weighted by Gasteiger charge is -2.34. The van der Waals surface area contributed by atoms with Crippen LogP contribution in [0.1, 0.15) is 11.4 Å². The SMILES string of the molecule is O=C(Cc1ccc(Cl)cc1)N1CCN(Cc2nnnn2-c2ccccc2)CC1. The van der Waals surface area contributed by atoms with Gasteiger partial charge in [0.1, 0.15) is 0 Å². The molecule has 1 amide bonds. The van der Waals surface area contributed by atoms with E-state index >= 15 is 0 Å². The molecule has 2 heterocycles. The molecule has 1 aliphatic rings. The third kappa shape index (κ3) is 4.37. The van der Waals surface area contributed by atoms with Crippen LogP contribution in [0, 0.1) is 0 Å². The van der Waals surface area contributed by atoms with E-state index in [1.807, 2.05) is 59.5 Å². The lowest BCUT2D eigenvalue weighted by Crippen LogP contribution is -2.48. The van der Waals surface area contributed by atoms with Crippen molar-refractivity contribution in [3.8, 4) is 5.69 Å². The van der Waals surface area contributed by atoms with Crippen LogP contribution in [0.2, 0.25) is 5.02 Å². The summed E-state index contributed by atoms with van der Waals surface area (Å²) < 4.78 is 1.76. The molecule has 0 radical (unpaired) electrons. The lowest BCUT2D eigenvalue weighted by atomic mass is 10.1. The first-order chi connectivity index (χ1) is 13.7. The number of para-hydroxylation sites is 1. The first-order valence-corrected chi connectivity index (χ1v) is 9.64. The van der Waals surface area contributed by atoms with Crippen molar-refractivity contribution in [2.24, 2.45) is 0 Å². The van der Waals surface area contributed by atoms with Gasteiger partial charge in [0.2, 0.25) is 5.91 Å². The molecule has 2 aromatic carbocycles. The fraction of sp³-hybridized carbons (Fsp3) is 0.300. The Balaban J connectivity index is 1.32. The van der Waals surface area contributed by atoms with Gasteiger partial charge in [0.15, 0.2) is 5.82 Å². The Hall–Kier alpha value is -2.77. The van der Waals surface area contributed by atoms with Crippen LogP contribution in [0.4, 0.5) is 0 Å². The van der Waals surface area contributed by atoms with Gasteiger partial charge in [0.05, 0.1) is 18.7 Å². The van der Waals surface area contributed by atoms with E-state index in [0.717, 1.165) is 30.2 Å². The zero-order valence-electron chi connectivity index (χ0n) is 15.4. The highest BCUT2D eigenvalue weighted by atomic mass is 35.5. The number of nitrogens with zero attached hydrogens (tertiary/aromatic N) is 6. The minimum Gasteiger partial charge on any atom is -0.340 e. The maximum Gasteiger partial charge on any atom is 0.227 e. The number of aromatic nitrogens is 4.